The fourth-order valence-electron chi connectivity index (χ4n) is 4.62. The lowest BCUT2D eigenvalue weighted by atomic mass is 10.2. The summed E-state index contributed by atoms with van der Waals surface area (Å²) in [6.07, 6.45) is 1.92. The number of aryl methyl sites for hydroxylation is 1. The van der Waals surface area contributed by atoms with Gasteiger partial charge in [-0.2, -0.15) is 19.8 Å². The van der Waals surface area contributed by atoms with Gasteiger partial charge in [0.1, 0.15) is 17.2 Å². The highest BCUT2D eigenvalue weighted by molar-refractivity contribution is 6.30. The van der Waals surface area contributed by atoms with Crippen molar-refractivity contribution in [2.24, 2.45) is 0 Å². The monoisotopic (exact) mass is 531 g/mol. The molecule has 1 aliphatic heterocycles. The predicted octanol–water partition coefficient (Wildman–Crippen LogP) is 3.81. The Balaban J connectivity index is 1.41. The number of ether oxygens (including phenoxy) is 1. The van der Waals surface area contributed by atoms with Crippen LogP contribution in [0.5, 0.6) is 0 Å². The normalized spacial score (nSPS) is 14.2. The van der Waals surface area contributed by atoms with Crippen LogP contribution in [-0.2, 0) is 11.3 Å². The number of fused-ring (bicyclic) bond motifs is 1. The Kier molecular flexibility index (Phi) is 6.61. The minimum Gasteiger partial charge on any atom is -0.378 e. The molecule has 5 aromatic rings. The quantitative estimate of drug-likeness (QED) is 0.316. The van der Waals surface area contributed by atoms with Crippen molar-refractivity contribution >= 4 is 23.1 Å². The Morgan fingerprint density at radius 2 is 1.76 bits per heavy atom. The number of hydrogen-bond donors (Lipinski definition) is 0. The van der Waals surface area contributed by atoms with Gasteiger partial charge in [-0.25, -0.2) is 9.67 Å². The molecule has 10 nitrogen and oxygen atoms in total. The molecule has 1 aliphatic rings. The molecule has 196 valence electrons. The van der Waals surface area contributed by atoms with Gasteiger partial charge in [0, 0.05) is 54.2 Å². The zero-order valence-corrected chi connectivity index (χ0v) is 22.5. The molecule has 11 heteroatoms. The highest BCUT2D eigenvalue weighted by Crippen LogP contribution is 2.27. The van der Waals surface area contributed by atoms with E-state index in [2.05, 4.69) is 36.9 Å². The number of nitrogens with zero attached hydrogens (tertiary/aromatic N) is 9. The van der Waals surface area contributed by atoms with Gasteiger partial charge in [0.2, 0.25) is 0 Å². The number of likely N-dealkylation sites (N-methyl/N-ethyl adjacent to an activating group) is 1. The van der Waals surface area contributed by atoms with E-state index in [0.717, 1.165) is 66.0 Å². The first-order valence-corrected chi connectivity index (χ1v) is 13.1. The van der Waals surface area contributed by atoms with Crippen LogP contribution in [0.15, 0.2) is 54.7 Å². The third-order valence-electron chi connectivity index (χ3n) is 6.68. The maximum atomic E-state index is 6.21. The van der Waals surface area contributed by atoms with Crippen LogP contribution in [0.2, 0.25) is 5.02 Å². The van der Waals surface area contributed by atoms with Crippen molar-refractivity contribution in [2.45, 2.75) is 13.5 Å². The third kappa shape index (κ3) is 4.90. The number of rotatable bonds is 7. The second-order valence-electron chi connectivity index (χ2n) is 9.72. The van der Waals surface area contributed by atoms with Crippen molar-refractivity contribution in [1.29, 1.82) is 0 Å². The lowest BCUT2D eigenvalue weighted by Gasteiger charge is -2.29. The molecule has 0 amide bonds. The number of benzene rings is 1. The van der Waals surface area contributed by atoms with E-state index >= 15 is 0 Å². The summed E-state index contributed by atoms with van der Waals surface area (Å²) in [7, 11) is 4.13. The lowest BCUT2D eigenvalue weighted by Crippen LogP contribution is -2.37. The highest BCUT2D eigenvalue weighted by Gasteiger charge is 2.20. The standard InChI is InChI=1S/C27H30ClN9O/c1-19-15-23(31-35(19)10-9-33(2)3)24-17-26-29-25(18-27(37(26)32-24)34-11-13-38-14-12-34)36-8-7-22(30-36)20-5-4-6-21(28)16-20/h4-8,15-18H,9-14H2,1-3H3. The van der Waals surface area contributed by atoms with E-state index in [4.69, 9.17) is 36.6 Å². The molecule has 0 N–H and O–H groups in total. The Hall–Kier alpha value is -3.73. The summed E-state index contributed by atoms with van der Waals surface area (Å²) in [6.45, 7) is 6.71. The molecular formula is C27H30ClN9O. The Labute approximate surface area is 226 Å². The summed E-state index contributed by atoms with van der Waals surface area (Å²) in [4.78, 5) is 9.37. The molecule has 5 heterocycles. The van der Waals surface area contributed by atoms with Crippen LogP contribution in [0.4, 0.5) is 5.82 Å². The molecule has 0 unspecified atom stereocenters. The van der Waals surface area contributed by atoms with Crippen molar-refractivity contribution in [1.82, 2.24) is 39.1 Å². The maximum absolute atomic E-state index is 6.21. The Morgan fingerprint density at radius 1 is 0.947 bits per heavy atom. The number of hydrogen-bond acceptors (Lipinski definition) is 7. The Bertz CT molecular complexity index is 1580. The first-order chi connectivity index (χ1) is 18.4. The van der Waals surface area contributed by atoms with Crippen LogP contribution in [0.1, 0.15) is 5.69 Å². The van der Waals surface area contributed by atoms with Crippen LogP contribution < -0.4 is 4.90 Å². The molecule has 1 aromatic carbocycles. The molecule has 0 saturated carbocycles. The first kappa shape index (κ1) is 24.6. The molecule has 0 spiro atoms. The summed E-state index contributed by atoms with van der Waals surface area (Å²) in [5, 5.41) is 15.3. The van der Waals surface area contributed by atoms with Gasteiger partial charge < -0.3 is 14.5 Å². The van der Waals surface area contributed by atoms with E-state index in [0.29, 0.717) is 24.1 Å². The van der Waals surface area contributed by atoms with Crippen LogP contribution in [0.25, 0.3) is 34.1 Å². The summed E-state index contributed by atoms with van der Waals surface area (Å²) in [5.74, 6) is 1.66. The number of anilines is 1. The molecule has 38 heavy (non-hydrogen) atoms. The summed E-state index contributed by atoms with van der Waals surface area (Å²) in [5.41, 5.74) is 5.25. The van der Waals surface area contributed by atoms with Gasteiger partial charge in [-0.1, -0.05) is 23.7 Å². The van der Waals surface area contributed by atoms with Crippen LogP contribution in [0, 0.1) is 6.92 Å². The number of aromatic nitrogens is 7. The first-order valence-electron chi connectivity index (χ1n) is 12.7. The van der Waals surface area contributed by atoms with Crippen LogP contribution in [-0.4, -0.2) is 86.0 Å². The van der Waals surface area contributed by atoms with Crippen molar-refractivity contribution in [3.8, 4) is 28.5 Å². The number of halogens is 1. The molecule has 1 saturated heterocycles. The van der Waals surface area contributed by atoms with E-state index < -0.39 is 0 Å². The largest absolute Gasteiger partial charge is 0.378 e. The van der Waals surface area contributed by atoms with Gasteiger partial charge in [0.25, 0.3) is 0 Å². The predicted molar refractivity (Wildman–Crippen MR) is 148 cm³/mol. The molecule has 6 rings (SSSR count). The topological polar surface area (TPSA) is 81.5 Å². The van der Waals surface area contributed by atoms with E-state index in [9.17, 15) is 0 Å². The zero-order chi connectivity index (χ0) is 26.2. The van der Waals surface area contributed by atoms with Crippen molar-refractivity contribution in [3.63, 3.8) is 0 Å². The summed E-state index contributed by atoms with van der Waals surface area (Å²) < 4.78 is 11.3. The summed E-state index contributed by atoms with van der Waals surface area (Å²) >= 11 is 6.21. The van der Waals surface area contributed by atoms with Gasteiger partial charge >= 0.3 is 0 Å². The highest BCUT2D eigenvalue weighted by atomic mass is 35.5. The van der Waals surface area contributed by atoms with Gasteiger partial charge in [0.15, 0.2) is 11.5 Å². The molecule has 0 radical (unpaired) electrons. The van der Waals surface area contributed by atoms with Gasteiger partial charge in [0.05, 0.1) is 25.5 Å². The molecule has 0 aliphatic carbocycles. The minimum atomic E-state index is 0.670. The summed E-state index contributed by atoms with van der Waals surface area (Å²) in [6, 6.07) is 15.8. The SMILES string of the molecule is Cc1cc(-c2cc3nc(-n4ccc(-c5cccc(Cl)c5)n4)cc(N4CCOCC4)n3n2)nn1CCN(C)C. The average molecular weight is 532 g/mol. The van der Waals surface area contributed by atoms with E-state index in [1.165, 1.54) is 0 Å². The van der Waals surface area contributed by atoms with E-state index in [1.807, 2.05) is 57.9 Å². The average Bonchev–Trinajstić information content (AvgIpc) is 3.65. The van der Waals surface area contributed by atoms with Crippen molar-refractivity contribution in [2.75, 3.05) is 51.8 Å². The smallest absolute Gasteiger partial charge is 0.160 e. The second kappa shape index (κ2) is 10.2. The molecule has 1 fully saturated rings. The van der Waals surface area contributed by atoms with E-state index in [1.54, 1.807) is 4.68 Å². The Morgan fingerprint density at radius 3 is 2.55 bits per heavy atom. The fourth-order valence-corrected chi connectivity index (χ4v) is 4.81. The van der Waals surface area contributed by atoms with Crippen molar-refractivity contribution < 1.29 is 4.74 Å². The minimum absolute atomic E-state index is 0.670. The molecule has 0 bridgehead atoms. The fraction of sp³-hybridized carbons (Fsp3) is 0.333. The molecular weight excluding hydrogens is 502 g/mol. The van der Waals surface area contributed by atoms with Gasteiger partial charge in [-0.3, -0.25) is 4.68 Å². The second-order valence-corrected chi connectivity index (χ2v) is 10.2. The zero-order valence-electron chi connectivity index (χ0n) is 21.7. The number of morpholine rings is 1. The van der Waals surface area contributed by atoms with Crippen molar-refractivity contribution in [3.05, 3.63) is 65.4 Å². The lowest BCUT2D eigenvalue weighted by molar-refractivity contribution is 0.122. The van der Waals surface area contributed by atoms with Gasteiger partial charge in [-0.15, -0.1) is 0 Å². The van der Waals surface area contributed by atoms with Crippen LogP contribution in [0.3, 0.4) is 0 Å². The third-order valence-corrected chi connectivity index (χ3v) is 6.91. The molecule has 4 aromatic heterocycles. The van der Waals surface area contributed by atoms with Crippen LogP contribution >= 0.6 is 11.6 Å². The van der Waals surface area contributed by atoms with Gasteiger partial charge in [-0.05, 0) is 45.3 Å². The maximum Gasteiger partial charge on any atom is 0.160 e. The van der Waals surface area contributed by atoms with E-state index in [-0.39, 0.29) is 0 Å². The molecule has 0 atom stereocenters.